The second kappa shape index (κ2) is 7.08. The number of nitrogen functional groups attached to an aromatic ring is 1. The molecule has 0 unspecified atom stereocenters. The predicted molar refractivity (Wildman–Crippen MR) is 96.2 cm³/mol. The van der Waals surface area contributed by atoms with Crippen molar-refractivity contribution in [3.8, 4) is 0 Å². The summed E-state index contributed by atoms with van der Waals surface area (Å²) in [6.07, 6.45) is 2.89. The number of carbonyl (C=O) groups is 1. The van der Waals surface area contributed by atoms with Gasteiger partial charge in [-0.2, -0.15) is 10.1 Å². The van der Waals surface area contributed by atoms with E-state index in [4.69, 9.17) is 5.73 Å². The maximum absolute atomic E-state index is 12.7. The standard InChI is InChI=1S/C17H25N7O/c1-4-5-7-19-15-12-6-8-24(10-14(12)20-17(18)21-15)16(25)13-9-11(2)23(3)22-13/h9H,4-8,10H2,1-3H3,(H3,18,19,20,21). The van der Waals surface area contributed by atoms with Crippen molar-refractivity contribution in [1.82, 2.24) is 24.6 Å². The van der Waals surface area contributed by atoms with Crippen molar-refractivity contribution < 1.29 is 4.79 Å². The molecule has 1 aliphatic rings. The van der Waals surface area contributed by atoms with Crippen LogP contribution in [0.3, 0.4) is 0 Å². The fraction of sp³-hybridized carbons (Fsp3) is 0.529. The topological polar surface area (TPSA) is 102 Å². The number of unbranched alkanes of at least 4 members (excludes halogenated alkanes) is 1. The van der Waals surface area contributed by atoms with Crippen molar-refractivity contribution in [3.63, 3.8) is 0 Å². The van der Waals surface area contributed by atoms with E-state index in [-0.39, 0.29) is 11.9 Å². The highest BCUT2D eigenvalue weighted by Crippen LogP contribution is 2.25. The van der Waals surface area contributed by atoms with E-state index in [9.17, 15) is 4.79 Å². The first-order chi connectivity index (χ1) is 12.0. The summed E-state index contributed by atoms with van der Waals surface area (Å²) in [5.74, 6) is 0.962. The van der Waals surface area contributed by atoms with E-state index in [0.717, 1.165) is 42.2 Å². The Morgan fingerprint density at radius 1 is 1.40 bits per heavy atom. The minimum Gasteiger partial charge on any atom is -0.370 e. The van der Waals surface area contributed by atoms with Gasteiger partial charge in [0.1, 0.15) is 5.82 Å². The molecule has 0 aromatic carbocycles. The first kappa shape index (κ1) is 17.2. The maximum Gasteiger partial charge on any atom is 0.274 e. The van der Waals surface area contributed by atoms with Crippen LogP contribution in [-0.2, 0) is 20.0 Å². The third-order valence-electron chi connectivity index (χ3n) is 4.53. The van der Waals surface area contributed by atoms with Crippen LogP contribution in [0.25, 0.3) is 0 Å². The Morgan fingerprint density at radius 2 is 2.20 bits per heavy atom. The van der Waals surface area contributed by atoms with Crippen molar-refractivity contribution in [3.05, 3.63) is 28.7 Å². The van der Waals surface area contributed by atoms with Gasteiger partial charge in [0.25, 0.3) is 5.91 Å². The van der Waals surface area contributed by atoms with E-state index in [0.29, 0.717) is 25.2 Å². The highest BCUT2D eigenvalue weighted by Gasteiger charge is 2.27. The van der Waals surface area contributed by atoms with E-state index in [2.05, 4.69) is 27.3 Å². The van der Waals surface area contributed by atoms with E-state index >= 15 is 0 Å². The fourth-order valence-corrected chi connectivity index (χ4v) is 2.98. The lowest BCUT2D eigenvalue weighted by Gasteiger charge is -2.28. The van der Waals surface area contributed by atoms with E-state index < -0.39 is 0 Å². The average Bonchev–Trinajstić information content (AvgIpc) is 2.92. The molecule has 8 nitrogen and oxygen atoms in total. The van der Waals surface area contributed by atoms with Crippen molar-refractivity contribution in [2.45, 2.75) is 39.7 Å². The molecule has 1 aliphatic heterocycles. The molecule has 0 spiro atoms. The van der Waals surface area contributed by atoms with Crippen LogP contribution in [0.2, 0.25) is 0 Å². The molecule has 2 aromatic heterocycles. The molecule has 0 saturated heterocycles. The number of aryl methyl sites for hydroxylation is 2. The van der Waals surface area contributed by atoms with Crippen LogP contribution < -0.4 is 11.1 Å². The molecule has 3 rings (SSSR count). The van der Waals surface area contributed by atoms with Crippen LogP contribution >= 0.6 is 0 Å². The molecule has 2 aromatic rings. The van der Waals surface area contributed by atoms with Gasteiger partial charge in [0.2, 0.25) is 5.95 Å². The summed E-state index contributed by atoms with van der Waals surface area (Å²) >= 11 is 0. The first-order valence-corrected chi connectivity index (χ1v) is 8.68. The smallest absolute Gasteiger partial charge is 0.274 e. The van der Waals surface area contributed by atoms with E-state index in [1.165, 1.54) is 0 Å². The summed E-state index contributed by atoms with van der Waals surface area (Å²) in [4.78, 5) is 23.2. The number of carbonyl (C=O) groups excluding carboxylic acids is 1. The van der Waals surface area contributed by atoms with Gasteiger partial charge in [-0.05, 0) is 25.8 Å². The Hall–Kier alpha value is -2.64. The number of fused-ring (bicyclic) bond motifs is 1. The van der Waals surface area contributed by atoms with E-state index in [1.807, 2.05) is 20.0 Å². The largest absolute Gasteiger partial charge is 0.370 e. The molecule has 25 heavy (non-hydrogen) atoms. The van der Waals surface area contributed by atoms with Crippen molar-refractivity contribution in [1.29, 1.82) is 0 Å². The van der Waals surface area contributed by atoms with Gasteiger partial charge in [0.15, 0.2) is 5.69 Å². The SMILES string of the molecule is CCCCNc1nc(N)nc2c1CCN(C(=O)c1cc(C)n(C)n1)C2. The zero-order valence-corrected chi connectivity index (χ0v) is 15.0. The average molecular weight is 343 g/mol. The number of nitrogens with one attached hydrogen (secondary N) is 1. The molecular weight excluding hydrogens is 318 g/mol. The van der Waals surface area contributed by atoms with Gasteiger partial charge < -0.3 is 16.0 Å². The summed E-state index contributed by atoms with van der Waals surface area (Å²) in [5, 5.41) is 7.63. The molecular formula is C17H25N7O. The molecule has 0 atom stereocenters. The number of nitrogens with two attached hydrogens (primary N) is 1. The van der Waals surface area contributed by atoms with Gasteiger partial charge in [-0.25, -0.2) is 4.98 Å². The highest BCUT2D eigenvalue weighted by molar-refractivity contribution is 5.92. The summed E-state index contributed by atoms with van der Waals surface area (Å²) in [7, 11) is 1.83. The molecule has 0 radical (unpaired) electrons. The lowest BCUT2D eigenvalue weighted by molar-refractivity contribution is 0.0725. The highest BCUT2D eigenvalue weighted by atomic mass is 16.2. The Labute approximate surface area is 147 Å². The second-order valence-corrected chi connectivity index (χ2v) is 6.41. The molecule has 3 N–H and O–H groups in total. The second-order valence-electron chi connectivity index (χ2n) is 6.41. The third-order valence-corrected chi connectivity index (χ3v) is 4.53. The molecule has 0 aliphatic carbocycles. The van der Waals surface area contributed by atoms with Crippen LogP contribution in [0.1, 0.15) is 47.2 Å². The van der Waals surface area contributed by atoms with Crippen molar-refractivity contribution in [2.75, 3.05) is 24.1 Å². The lowest BCUT2D eigenvalue weighted by atomic mass is 10.0. The van der Waals surface area contributed by atoms with Gasteiger partial charge in [0.05, 0.1) is 12.2 Å². The Balaban J connectivity index is 1.80. The van der Waals surface area contributed by atoms with Crippen LogP contribution in [0.15, 0.2) is 6.07 Å². The number of anilines is 2. The Bertz CT molecular complexity index is 764. The van der Waals surface area contributed by atoms with Crippen LogP contribution in [0.4, 0.5) is 11.8 Å². The number of hydrogen-bond acceptors (Lipinski definition) is 6. The zero-order valence-electron chi connectivity index (χ0n) is 15.0. The van der Waals surface area contributed by atoms with Crippen molar-refractivity contribution in [2.24, 2.45) is 7.05 Å². The molecule has 0 saturated carbocycles. The number of aromatic nitrogens is 4. The summed E-state index contributed by atoms with van der Waals surface area (Å²) in [5.41, 5.74) is 9.16. The molecule has 0 fully saturated rings. The maximum atomic E-state index is 12.7. The number of hydrogen-bond donors (Lipinski definition) is 2. The lowest BCUT2D eigenvalue weighted by Crippen LogP contribution is -2.37. The summed E-state index contributed by atoms with van der Waals surface area (Å²) in [6.45, 7) is 5.98. The Morgan fingerprint density at radius 3 is 2.88 bits per heavy atom. The number of rotatable bonds is 5. The molecule has 3 heterocycles. The third kappa shape index (κ3) is 3.57. The zero-order chi connectivity index (χ0) is 18.0. The first-order valence-electron chi connectivity index (χ1n) is 8.68. The minimum absolute atomic E-state index is 0.0768. The van der Waals surface area contributed by atoms with Crippen LogP contribution in [0, 0.1) is 6.92 Å². The monoisotopic (exact) mass is 343 g/mol. The van der Waals surface area contributed by atoms with Gasteiger partial charge in [-0.3, -0.25) is 9.48 Å². The Kier molecular flexibility index (Phi) is 4.87. The fourth-order valence-electron chi connectivity index (χ4n) is 2.98. The normalized spacial score (nSPS) is 13.6. The molecule has 8 heteroatoms. The minimum atomic E-state index is -0.0768. The predicted octanol–water partition coefficient (Wildman–Crippen LogP) is 1.51. The van der Waals surface area contributed by atoms with Crippen molar-refractivity contribution >= 4 is 17.7 Å². The summed E-state index contributed by atoms with van der Waals surface area (Å²) in [6, 6.07) is 1.81. The molecule has 1 amide bonds. The van der Waals surface area contributed by atoms with Crippen LogP contribution in [-0.4, -0.2) is 43.6 Å². The summed E-state index contributed by atoms with van der Waals surface area (Å²) < 4.78 is 1.71. The quantitative estimate of drug-likeness (QED) is 0.798. The van der Waals surface area contributed by atoms with Gasteiger partial charge in [0, 0.05) is 31.4 Å². The van der Waals surface area contributed by atoms with Crippen LogP contribution in [0.5, 0.6) is 0 Å². The number of amides is 1. The molecule has 0 bridgehead atoms. The van der Waals surface area contributed by atoms with Gasteiger partial charge in [-0.15, -0.1) is 0 Å². The van der Waals surface area contributed by atoms with Gasteiger partial charge >= 0.3 is 0 Å². The van der Waals surface area contributed by atoms with Gasteiger partial charge in [-0.1, -0.05) is 13.3 Å². The number of nitrogens with zero attached hydrogens (tertiary/aromatic N) is 5. The molecule has 134 valence electrons. The van der Waals surface area contributed by atoms with E-state index in [1.54, 1.807) is 9.58 Å².